The van der Waals surface area contributed by atoms with Crippen molar-refractivity contribution in [3.8, 4) is 0 Å². The highest BCUT2D eigenvalue weighted by Crippen LogP contribution is 2.35. The van der Waals surface area contributed by atoms with Gasteiger partial charge in [0.25, 0.3) is 5.56 Å². The second-order valence-electron chi connectivity index (χ2n) is 7.19. The van der Waals surface area contributed by atoms with E-state index in [1.165, 1.54) is 28.1 Å². The van der Waals surface area contributed by atoms with E-state index in [1.54, 1.807) is 11.3 Å². The fourth-order valence-electron chi connectivity index (χ4n) is 4.28. The normalized spacial score (nSPS) is 19.2. The van der Waals surface area contributed by atoms with Crippen molar-refractivity contribution in [1.82, 2.24) is 9.97 Å². The van der Waals surface area contributed by atoms with Gasteiger partial charge in [0.2, 0.25) is 0 Å². The molecular formula is C20H21N3OS. The fraction of sp³-hybridized carbons (Fsp3) is 0.400. The number of aromatic nitrogens is 2. The van der Waals surface area contributed by atoms with Crippen molar-refractivity contribution in [2.45, 2.75) is 51.6 Å². The number of aryl methyl sites for hydroxylation is 3. The number of para-hydroxylation sites is 1. The van der Waals surface area contributed by atoms with E-state index in [9.17, 15) is 4.79 Å². The minimum absolute atomic E-state index is 0.0392. The smallest absolute Gasteiger partial charge is 0.259 e. The van der Waals surface area contributed by atoms with Gasteiger partial charge in [-0.05, 0) is 56.2 Å². The molecule has 1 N–H and O–H groups in total. The Morgan fingerprint density at radius 2 is 2.16 bits per heavy atom. The van der Waals surface area contributed by atoms with Crippen molar-refractivity contribution >= 4 is 27.2 Å². The summed E-state index contributed by atoms with van der Waals surface area (Å²) in [6.45, 7) is 2.91. The van der Waals surface area contributed by atoms with Crippen LogP contribution in [0.15, 0.2) is 29.1 Å². The largest absolute Gasteiger partial charge is 0.361 e. The molecule has 0 spiro atoms. The molecule has 1 aliphatic heterocycles. The van der Waals surface area contributed by atoms with Gasteiger partial charge in [-0.1, -0.05) is 18.2 Å². The van der Waals surface area contributed by atoms with Crippen LogP contribution in [0.2, 0.25) is 0 Å². The molecule has 0 saturated heterocycles. The van der Waals surface area contributed by atoms with Crippen LogP contribution in [0.4, 0.5) is 5.69 Å². The van der Waals surface area contributed by atoms with Gasteiger partial charge in [0.1, 0.15) is 10.7 Å². The average Bonchev–Trinajstić information content (AvgIpc) is 3.18. The van der Waals surface area contributed by atoms with Gasteiger partial charge < -0.3 is 9.88 Å². The van der Waals surface area contributed by atoms with Crippen LogP contribution in [0.25, 0.3) is 10.2 Å². The van der Waals surface area contributed by atoms with Crippen molar-refractivity contribution in [3.63, 3.8) is 0 Å². The van der Waals surface area contributed by atoms with E-state index in [4.69, 9.17) is 4.98 Å². The molecule has 0 bridgehead atoms. The molecule has 3 aromatic rings. The van der Waals surface area contributed by atoms with E-state index in [0.717, 1.165) is 41.7 Å². The summed E-state index contributed by atoms with van der Waals surface area (Å²) in [5.41, 5.74) is 3.95. The van der Waals surface area contributed by atoms with Crippen LogP contribution in [0.3, 0.4) is 0 Å². The van der Waals surface area contributed by atoms with Crippen LogP contribution in [0, 0.1) is 0 Å². The molecule has 5 heteroatoms. The van der Waals surface area contributed by atoms with Crippen molar-refractivity contribution in [1.29, 1.82) is 0 Å². The van der Waals surface area contributed by atoms with Gasteiger partial charge in [0.15, 0.2) is 0 Å². The lowest BCUT2D eigenvalue weighted by atomic mass is 9.96. The van der Waals surface area contributed by atoms with Gasteiger partial charge >= 0.3 is 0 Å². The van der Waals surface area contributed by atoms with Crippen molar-refractivity contribution in [2.75, 3.05) is 4.90 Å². The maximum atomic E-state index is 12.7. The molecule has 3 heterocycles. The van der Waals surface area contributed by atoms with Crippen LogP contribution in [0.5, 0.6) is 0 Å². The molecule has 0 amide bonds. The highest BCUT2D eigenvalue weighted by Gasteiger charge is 2.25. The van der Waals surface area contributed by atoms with Crippen LogP contribution in [0.1, 0.15) is 41.6 Å². The number of nitrogens with zero attached hydrogens (tertiary/aromatic N) is 2. The second-order valence-corrected chi connectivity index (χ2v) is 8.28. The summed E-state index contributed by atoms with van der Waals surface area (Å²) in [7, 11) is 0. The molecule has 4 nitrogen and oxygen atoms in total. The Morgan fingerprint density at radius 1 is 1.28 bits per heavy atom. The maximum Gasteiger partial charge on any atom is 0.259 e. The lowest BCUT2D eigenvalue weighted by Gasteiger charge is -2.36. The van der Waals surface area contributed by atoms with E-state index in [2.05, 4.69) is 41.1 Å². The third kappa shape index (κ3) is 2.41. The molecule has 128 valence electrons. The highest BCUT2D eigenvalue weighted by molar-refractivity contribution is 7.18. The molecule has 0 radical (unpaired) electrons. The van der Waals surface area contributed by atoms with Crippen LogP contribution < -0.4 is 10.5 Å². The zero-order chi connectivity index (χ0) is 17.0. The summed E-state index contributed by atoms with van der Waals surface area (Å²) < 4.78 is 0. The molecule has 1 atom stereocenters. The first-order valence-electron chi connectivity index (χ1n) is 9.08. The number of fused-ring (bicyclic) bond motifs is 4. The third-order valence-corrected chi connectivity index (χ3v) is 6.79. The van der Waals surface area contributed by atoms with E-state index >= 15 is 0 Å². The monoisotopic (exact) mass is 351 g/mol. The number of aromatic amines is 1. The highest BCUT2D eigenvalue weighted by atomic mass is 32.1. The molecule has 0 saturated carbocycles. The van der Waals surface area contributed by atoms with E-state index in [0.29, 0.717) is 12.6 Å². The third-order valence-electron chi connectivity index (χ3n) is 5.61. The quantitative estimate of drug-likeness (QED) is 0.764. The van der Waals surface area contributed by atoms with Gasteiger partial charge in [-0.3, -0.25) is 4.79 Å². The standard InChI is InChI=1S/C20H21N3OS/c1-12-9-10-13-5-2-3-7-15(13)23(12)11-17-21-19(24)18-14-6-4-8-16(14)25-20(18)22-17/h2-3,5,7,12H,4,6,8-11H2,1H3,(H,21,22,24). The summed E-state index contributed by atoms with van der Waals surface area (Å²) >= 11 is 1.71. The number of thiophene rings is 1. The second kappa shape index (κ2) is 5.70. The Morgan fingerprint density at radius 3 is 3.08 bits per heavy atom. The van der Waals surface area contributed by atoms with Gasteiger partial charge in [0.05, 0.1) is 11.9 Å². The number of nitrogens with one attached hydrogen (secondary N) is 1. The number of H-pyrrole nitrogens is 1. The Kier molecular flexibility index (Phi) is 3.45. The minimum Gasteiger partial charge on any atom is -0.361 e. The number of anilines is 1. The zero-order valence-electron chi connectivity index (χ0n) is 14.3. The first kappa shape index (κ1) is 15.1. The Labute approximate surface area is 150 Å². The number of rotatable bonds is 2. The molecule has 2 aliphatic rings. The van der Waals surface area contributed by atoms with Crippen molar-refractivity contribution in [3.05, 3.63) is 56.4 Å². The molecule has 1 aromatic carbocycles. The first-order chi connectivity index (χ1) is 12.2. The van der Waals surface area contributed by atoms with E-state index in [1.807, 2.05) is 0 Å². The van der Waals surface area contributed by atoms with Gasteiger partial charge in [0, 0.05) is 16.6 Å². The van der Waals surface area contributed by atoms with Gasteiger partial charge in [-0.25, -0.2) is 4.98 Å². The lowest BCUT2D eigenvalue weighted by molar-refractivity contribution is 0.552. The van der Waals surface area contributed by atoms with Crippen LogP contribution >= 0.6 is 11.3 Å². The molecule has 2 aromatic heterocycles. The molecule has 1 unspecified atom stereocenters. The Balaban J connectivity index is 1.55. The maximum absolute atomic E-state index is 12.7. The van der Waals surface area contributed by atoms with E-state index < -0.39 is 0 Å². The zero-order valence-corrected chi connectivity index (χ0v) is 15.2. The summed E-state index contributed by atoms with van der Waals surface area (Å²) in [4.78, 5) is 25.2. The predicted octanol–water partition coefficient (Wildman–Crippen LogP) is 3.81. The molecular weight excluding hydrogens is 330 g/mol. The molecule has 5 rings (SSSR count). The molecule has 25 heavy (non-hydrogen) atoms. The van der Waals surface area contributed by atoms with Crippen LogP contribution in [-0.2, 0) is 25.8 Å². The van der Waals surface area contributed by atoms with Crippen LogP contribution in [-0.4, -0.2) is 16.0 Å². The molecule has 0 fully saturated rings. The number of benzene rings is 1. The lowest BCUT2D eigenvalue weighted by Crippen LogP contribution is -2.37. The van der Waals surface area contributed by atoms with E-state index in [-0.39, 0.29) is 5.56 Å². The van der Waals surface area contributed by atoms with Gasteiger partial charge in [-0.2, -0.15) is 0 Å². The summed E-state index contributed by atoms with van der Waals surface area (Å²) in [6.07, 6.45) is 5.54. The number of hydrogen-bond donors (Lipinski definition) is 1. The Bertz CT molecular complexity index is 1020. The fourth-order valence-corrected chi connectivity index (χ4v) is 5.57. The predicted molar refractivity (Wildman–Crippen MR) is 103 cm³/mol. The minimum atomic E-state index is 0.0392. The van der Waals surface area contributed by atoms with Crippen molar-refractivity contribution in [2.24, 2.45) is 0 Å². The number of hydrogen-bond acceptors (Lipinski definition) is 4. The van der Waals surface area contributed by atoms with Crippen molar-refractivity contribution < 1.29 is 0 Å². The summed E-state index contributed by atoms with van der Waals surface area (Å²) in [6, 6.07) is 9.03. The first-order valence-corrected chi connectivity index (χ1v) is 9.90. The summed E-state index contributed by atoms with van der Waals surface area (Å²) in [5, 5.41) is 0.841. The average molecular weight is 351 g/mol. The SMILES string of the molecule is CC1CCc2ccccc2N1Cc1nc2sc3c(c2c(=O)[nH]1)CCC3. The molecule has 1 aliphatic carbocycles. The Hall–Kier alpha value is -2.14. The topological polar surface area (TPSA) is 49.0 Å². The van der Waals surface area contributed by atoms with Gasteiger partial charge in [-0.15, -0.1) is 11.3 Å². The summed E-state index contributed by atoms with van der Waals surface area (Å²) in [5.74, 6) is 0.779.